The quantitative estimate of drug-likeness (QED) is 0.395. The molecule has 2 saturated carbocycles. The molecule has 1 saturated heterocycles. The second-order valence-corrected chi connectivity index (χ2v) is 15.3. The van der Waals surface area contributed by atoms with E-state index in [1.54, 1.807) is 11.8 Å². The minimum Gasteiger partial charge on any atom is -0.450 e. The molecule has 4 amide bonds. The Morgan fingerprint density at radius 1 is 1.15 bits per heavy atom. The number of nitrogens with one attached hydrogen (secondary N) is 2. The van der Waals surface area contributed by atoms with Gasteiger partial charge in [-0.05, 0) is 67.6 Å². The summed E-state index contributed by atoms with van der Waals surface area (Å²) in [6.07, 6.45) is 2.65. The second-order valence-electron chi connectivity index (χ2n) is 13.4. The zero-order valence-corrected chi connectivity index (χ0v) is 27.4. The van der Waals surface area contributed by atoms with E-state index in [1.165, 1.54) is 11.0 Å². The van der Waals surface area contributed by atoms with E-state index in [1.807, 2.05) is 18.2 Å². The number of carbonyl (C=O) groups is 5. The molecule has 0 aromatic heterocycles. The van der Waals surface area contributed by atoms with Crippen molar-refractivity contribution in [2.24, 2.45) is 11.3 Å². The van der Waals surface area contributed by atoms with Crippen molar-refractivity contribution in [1.29, 1.82) is 0 Å². The monoisotopic (exact) mass is 670 g/mol. The summed E-state index contributed by atoms with van der Waals surface area (Å²) >= 11 is 0. The summed E-state index contributed by atoms with van der Waals surface area (Å²) in [5.41, 5.74) is 1.92. The van der Waals surface area contributed by atoms with E-state index in [2.05, 4.69) is 16.6 Å². The molecular formula is C33H42N4O9S. The van der Waals surface area contributed by atoms with Gasteiger partial charge < -0.3 is 19.7 Å². The van der Waals surface area contributed by atoms with Crippen molar-refractivity contribution in [3.05, 3.63) is 47.5 Å². The highest BCUT2D eigenvalue weighted by Crippen LogP contribution is 2.57. The van der Waals surface area contributed by atoms with Crippen molar-refractivity contribution < 1.29 is 41.9 Å². The second kappa shape index (κ2) is 12.9. The molecule has 3 aliphatic heterocycles. The lowest BCUT2D eigenvalue weighted by Crippen LogP contribution is -2.52. The van der Waals surface area contributed by atoms with Crippen LogP contribution in [-0.4, -0.2) is 84.6 Å². The minimum atomic E-state index is -3.85. The van der Waals surface area contributed by atoms with E-state index in [0.29, 0.717) is 32.4 Å². The third-order valence-electron chi connectivity index (χ3n) is 10.2. The zero-order valence-electron chi connectivity index (χ0n) is 26.6. The van der Waals surface area contributed by atoms with Gasteiger partial charge in [0.15, 0.2) is 5.78 Å². The van der Waals surface area contributed by atoms with Crippen LogP contribution in [0.25, 0.3) is 0 Å². The largest absolute Gasteiger partial charge is 0.450 e. The van der Waals surface area contributed by atoms with E-state index >= 15 is 0 Å². The van der Waals surface area contributed by atoms with E-state index in [-0.39, 0.29) is 38.8 Å². The lowest BCUT2D eigenvalue weighted by Gasteiger charge is -2.28. The predicted molar refractivity (Wildman–Crippen MR) is 168 cm³/mol. The number of alkyl carbamates (subject to hydrolysis) is 1. The van der Waals surface area contributed by atoms with Crippen LogP contribution in [0.2, 0.25) is 0 Å². The van der Waals surface area contributed by atoms with Crippen LogP contribution in [0.4, 0.5) is 9.59 Å². The van der Waals surface area contributed by atoms with Crippen molar-refractivity contribution in [2.45, 2.75) is 101 Å². The van der Waals surface area contributed by atoms with Gasteiger partial charge in [0.05, 0.1) is 29.9 Å². The molecule has 2 aliphatic carbocycles. The van der Waals surface area contributed by atoms with Crippen LogP contribution in [0.5, 0.6) is 0 Å². The van der Waals surface area contributed by atoms with Crippen LogP contribution in [0.15, 0.2) is 30.9 Å². The predicted octanol–water partition coefficient (Wildman–Crippen LogP) is 2.71. The number of amides is 4. The SMILES string of the molecule is C=C[C@@H]1C[C@]1(CC(=O)[C@@H]1C[C@@H]2CN1C(=O)[C@H](CC)NC(=O)OCCCCc1cccc3c1CN(C3)C(=O)O2)C(=O)NS(=O)(=O)C1CC1. The summed E-state index contributed by atoms with van der Waals surface area (Å²) in [7, 11) is -3.85. The van der Waals surface area contributed by atoms with Gasteiger partial charge in [0.2, 0.25) is 21.8 Å². The maximum absolute atomic E-state index is 14.0. The van der Waals surface area contributed by atoms with Crippen LogP contribution in [0.3, 0.4) is 0 Å². The fraction of sp³-hybridized carbons (Fsp3) is 0.606. The average Bonchev–Trinajstić information content (AvgIpc) is 3.93. The molecule has 3 fully saturated rings. The molecule has 13 nitrogen and oxygen atoms in total. The number of sulfonamides is 1. The first kappa shape index (κ1) is 33.0. The van der Waals surface area contributed by atoms with Gasteiger partial charge >= 0.3 is 12.2 Å². The number of aryl methyl sites for hydroxylation is 1. The Labute approximate surface area is 274 Å². The van der Waals surface area contributed by atoms with Crippen molar-refractivity contribution >= 4 is 39.8 Å². The number of ketones is 1. The summed E-state index contributed by atoms with van der Waals surface area (Å²) < 4.78 is 38.6. The van der Waals surface area contributed by atoms with Gasteiger partial charge in [0, 0.05) is 25.9 Å². The molecule has 254 valence electrons. The normalized spacial score (nSPS) is 29.6. The number of ether oxygens (including phenoxy) is 2. The molecule has 5 atom stereocenters. The number of cyclic esters (lactones) is 1. The van der Waals surface area contributed by atoms with Crippen LogP contribution in [0, 0.1) is 11.3 Å². The van der Waals surface area contributed by atoms with Crippen molar-refractivity contribution in [3.63, 3.8) is 0 Å². The van der Waals surface area contributed by atoms with Crippen molar-refractivity contribution in [3.8, 4) is 0 Å². The standard InChI is InChI=1S/C33H42N4O9S/c1-3-22-15-33(22,30(40)35-47(43,44)24-11-12-24)16-28(38)27-14-23-18-37(27)29(39)26(4-2)34-31(41)45-13-6-5-8-20-9-7-10-21-17-36(19-25(20)21)32(42)46-23/h3,7,9-10,22-24,26-27H,1,4-6,8,11-19H2,2H3,(H,34,41)(H,35,40)/t22-,23-,26+,27+,33-/m1/s1. The Balaban J connectivity index is 1.24. The average molecular weight is 671 g/mol. The smallest absolute Gasteiger partial charge is 0.410 e. The fourth-order valence-electron chi connectivity index (χ4n) is 7.12. The van der Waals surface area contributed by atoms with Crippen molar-refractivity contribution in [1.82, 2.24) is 19.8 Å². The molecule has 47 heavy (non-hydrogen) atoms. The van der Waals surface area contributed by atoms with E-state index in [4.69, 9.17) is 9.47 Å². The third kappa shape index (κ3) is 6.74. The molecule has 0 unspecified atom stereocenters. The van der Waals surface area contributed by atoms with Crippen molar-refractivity contribution in [2.75, 3.05) is 13.2 Å². The lowest BCUT2D eigenvalue weighted by atomic mass is 9.91. The first-order valence-electron chi connectivity index (χ1n) is 16.5. The van der Waals surface area contributed by atoms with Gasteiger partial charge in [0.25, 0.3) is 0 Å². The Hall–Kier alpha value is -3.94. The summed E-state index contributed by atoms with van der Waals surface area (Å²) in [6.45, 7) is 6.32. The number of nitrogens with zero attached hydrogens (tertiary/aromatic N) is 2. The Kier molecular flexibility index (Phi) is 9.07. The molecule has 3 heterocycles. The van der Waals surface area contributed by atoms with E-state index in [9.17, 15) is 32.4 Å². The third-order valence-corrected chi connectivity index (χ3v) is 12.0. The topological polar surface area (TPSA) is 168 Å². The molecule has 5 aliphatic rings. The number of Topliss-reactive ketones (excluding diaryl/α,β-unsaturated/α-hetero) is 1. The van der Waals surface area contributed by atoms with Crippen LogP contribution >= 0.6 is 0 Å². The van der Waals surface area contributed by atoms with Gasteiger partial charge in [-0.1, -0.05) is 31.2 Å². The van der Waals surface area contributed by atoms with Crippen LogP contribution < -0.4 is 10.0 Å². The van der Waals surface area contributed by atoms with Crippen LogP contribution in [0.1, 0.15) is 75.0 Å². The maximum atomic E-state index is 14.0. The number of hydrogen-bond acceptors (Lipinski definition) is 9. The molecule has 6 rings (SSSR count). The molecular weight excluding hydrogens is 628 g/mol. The number of benzene rings is 1. The Morgan fingerprint density at radius 3 is 2.62 bits per heavy atom. The van der Waals surface area contributed by atoms with Gasteiger partial charge in [-0.15, -0.1) is 6.58 Å². The number of carbonyl (C=O) groups excluding carboxylic acids is 5. The molecule has 1 aromatic rings. The highest BCUT2D eigenvalue weighted by molar-refractivity contribution is 7.90. The molecule has 14 heteroatoms. The highest BCUT2D eigenvalue weighted by atomic mass is 32.2. The number of allylic oxidation sites excluding steroid dienone is 1. The molecule has 1 aromatic carbocycles. The molecule has 0 spiro atoms. The van der Waals surface area contributed by atoms with E-state index in [0.717, 1.165) is 29.5 Å². The maximum Gasteiger partial charge on any atom is 0.410 e. The first-order valence-corrected chi connectivity index (χ1v) is 18.0. The number of hydrogen-bond donors (Lipinski definition) is 2. The van der Waals surface area contributed by atoms with Gasteiger partial charge in [-0.3, -0.25) is 24.0 Å². The Morgan fingerprint density at radius 2 is 1.91 bits per heavy atom. The summed E-state index contributed by atoms with van der Waals surface area (Å²) in [4.78, 5) is 70.3. The molecule has 2 N–H and O–H groups in total. The van der Waals surface area contributed by atoms with Gasteiger partial charge in [0.1, 0.15) is 12.1 Å². The molecule has 0 radical (unpaired) electrons. The zero-order chi connectivity index (χ0) is 33.5. The van der Waals surface area contributed by atoms with Gasteiger partial charge in [-0.25, -0.2) is 18.0 Å². The Bertz CT molecular complexity index is 1590. The lowest BCUT2D eigenvalue weighted by molar-refractivity contribution is -0.140. The van der Waals surface area contributed by atoms with Gasteiger partial charge in [-0.2, -0.15) is 0 Å². The first-order chi connectivity index (χ1) is 22.5. The number of fused-ring (bicyclic) bond motifs is 3. The fourth-order valence-corrected chi connectivity index (χ4v) is 8.50. The minimum absolute atomic E-state index is 0.0000597. The highest BCUT2D eigenvalue weighted by Gasteiger charge is 2.61. The van der Waals surface area contributed by atoms with E-state index < -0.39 is 74.6 Å². The molecule has 4 bridgehead atoms. The summed E-state index contributed by atoms with van der Waals surface area (Å²) in [5, 5.41) is 2.00. The summed E-state index contributed by atoms with van der Waals surface area (Å²) in [6, 6.07) is 3.91. The number of rotatable bonds is 8. The van der Waals surface area contributed by atoms with Crippen LogP contribution in [-0.2, 0) is 53.4 Å². The summed E-state index contributed by atoms with van der Waals surface area (Å²) in [5.74, 6) is -2.15.